The van der Waals surface area contributed by atoms with Gasteiger partial charge in [0, 0.05) is 17.4 Å². The molecule has 0 saturated carbocycles. The van der Waals surface area contributed by atoms with Crippen molar-refractivity contribution in [3.8, 4) is 17.2 Å². The number of anilines is 3. The fourth-order valence-corrected chi connectivity index (χ4v) is 2.80. The largest absolute Gasteiger partial charge is 0.506 e. The number of aryl methyl sites for hydroxylation is 1. The van der Waals surface area contributed by atoms with Gasteiger partial charge in [-0.1, -0.05) is 18.2 Å². The van der Waals surface area contributed by atoms with Crippen molar-refractivity contribution < 1.29 is 14.6 Å². The Morgan fingerprint density at radius 1 is 0.760 bits per heavy atom. The number of benzene rings is 3. The van der Waals surface area contributed by atoms with Crippen molar-refractivity contribution in [3.63, 3.8) is 0 Å². The lowest BCUT2D eigenvalue weighted by Gasteiger charge is -2.28. The van der Waals surface area contributed by atoms with Gasteiger partial charge in [0.1, 0.15) is 17.2 Å². The molecular weight excluding hydrogens is 314 g/mol. The maximum atomic E-state index is 10.5. The molecule has 0 aliphatic heterocycles. The van der Waals surface area contributed by atoms with Gasteiger partial charge in [0.2, 0.25) is 0 Å². The van der Waals surface area contributed by atoms with Crippen molar-refractivity contribution in [2.24, 2.45) is 0 Å². The minimum absolute atomic E-state index is 0.180. The zero-order valence-corrected chi connectivity index (χ0v) is 14.6. The molecular formula is C21H21NO3. The number of hydrogen-bond donors (Lipinski definition) is 1. The molecule has 1 N–H and O–H groups in total. The standard InChI is InChI=1S/C21H21NO3/c1-15-13-17(24-2)9-11-19(15)22(16-7-5-4-6-8-16)20-14-18(25-3)10-12-21(20)23/h4-14,23H,1-3H3. The van der Waals surface area contributed by atoms with Crippen LogP contribution in [0.3, 0.4) is 0 Å². The first-order valence-corrected chi connectivity index (χ1v) is 8.01. The van der Waals surface area contributed by atoms with Gasteiger partial charge >= 0.3 is 0 Å². The minimum atomic E-state index is 0.180. The lowest BCUT2D eigenvalue weighted by molar-refractivity contribution is 0.412. The van der Waals surface area contributed by atoms with Gasteiger partial charge in [-0.05, 0) is 55.0 Å². The van der Waals surface area contributed by atoms with E-state index in [1.54, 1.807) is 26.4 Å². The smallest absolute Gasteiger partial charge is 0.139 e. The van der Waals surface area contributed by atoms with Gasteiger partial charge in [-0.15, -0.1) is 0 Å². The van der Waals surface area contributed by atoms with E-state index in [0.717, 1.165) is 22.7 Å². The first kappa shape index (κ1) is 16.7. The van der Waals surface area contributed by atoms with E-state index in [2.05, 4.69) is 0 Å². The van der Waals surface area contributed by atoms with E-state index in [0.29, 0.717) is 11.4 Å². The van der Waals surface area contributed by atoms with Crippen LogP contribution in [-0.4, -0.2) is 19.3 Å². The number of phenolic OH excluding ortho intramolecular Hbond substituents is 1. The lowest BCUT2D eigenvalue weighted by atomic mass is 10.1. The molecule has 0 bridgehead atoms. The zero-order chi connectivity index (χ0) is 17.8. The molecule has 25 heavy (non-hydrogen) atoms. The number of aromatic hydroxyl groups is 1. The van der Waals surface area contributed by atoms with E-state index in [1.807, 2.05) is 66.4 Å². The SMILES string of the molecule is COc1ccc(N(c2ccccc2)c2cc(OC)ccc2O)c(C)c1. The van der Waals surface area contributed by atoms with Crippen LogP contribution in [0.4, 0.5) is 17.1 Å². The summed E-state index contributed by atoms with van der Waals surface area (Å²) in [4.78, 5) is 2.01. The molecule has 0 atom stereocenters. The topological polar surface area (TPSA) is 41.9 Å². The molecule has 0 heterocycles. The maximum absolute atomic E-state index is 10.5. The quantitative estimate of drug-likeness (QED) is 0.697. The van der Waals surface area contributed by atoms with Crippen LogP contribution in [0, 0.1) is 6.92 Å². The highest BCUT2D eigenvalue weighted by Gasteiger charge is 2.18. The normalized spacial score (nSPS) is 10.4. The highest BCUT2D eigenvalue weighted by atomic mass is 16.5. The monoisotopic (exact) mass is 335 g/mol. The first-order valence-electron chi connectivity index (χ1n) is 8.01. The van der Waals surface area contributed by atoms with Crippen LogP contribution in [-0.2, 0) is 0 Å². The summed E-state index contributed by atoms with van der Waals surface area (Å²) in [6.45, 7) is 2.02. The average molecular weight is 335 g/mol. The zero-order valence-electron chi connectivity index (χ0n) is 14.6. The fraction of sp³-hybridized carbons (Fsp3) is 0.143. The van der Waals surface area contributed by atoms with Gasteiger partial charge in [-0.2, -0.15) is 0 Å². The van der Waals surface area contributed by atoms with Gasteiger partial charge in [0.15, 0.2) is 0 Å². The summed E-state index contributed by atoms with van der Waals surface area (Å²) in [5, 5.41) is 10.5. The second-order valence-corrected chi connectivity index (χ2v) is 5.68. The highest BCUT2D eigenvalue weighted by Crippen LogP contribution is 2.43. The summed E-state index contributed by atoms with van der Waals surface area (Å²) in [7, 11) is 3.26. The molecule has 0 radical (unpaired) electrons. The van der Waals surface area contributed by atoms with E-state index in [9.17, 15) is 5.11 Å². The van der Waals surface area contributed by atoms with E-state index < -0.39 is 0 Å². The maximum Gasteiger partial charge on any atom is 0.139 e. The highest BCUT2D eigenvalue weighted by molar-refractivity contribution is 5.82. The van der Waals surface area contributed by atoms with Crippen molar-refractivity contribution in [3.05, 3.63) is 72.3 Å². The Bertz CT molecular complexity index is 862. The number of ether oxygens (including phenoxy) is 2. The molecule has 0 unspecified atom stereocenters. The average Bonchev–Trinajstić information content (AvgIpc) is 2.65. The fourth-order valence-electron chi connectivity index (χ4n) is 2.80. The van der Waals surface area contributed by atoms with Gasteiger partial charge in [0.25, 0.3) is 0 Å². The van der Waals surface area contributed by atoms with Crippen LogP contribution in [0.5, 0.6) is 17.2 Å². The number of phenols is 1. The van der Waals surface area contributed by atoms with Crippen LogP contribution < -0.4 is 14.4 Å². The van der Waals surface area contributed by atoms with Crippen LogP contribution in [0.2, 0.25) is 0 Å². The van der Waals surface area contributed by atoms with Crippen molar-refractivity contribution >= 4 is 17.1 Å². The molecule has 0 aromatic heterocycles. The van der Waals surface area contributed by atoms with Crippen LogP contribution in [0.15, 0.2) is 66.7 Å². The summed E-state index contributed by atoms with van der Waals surface area (Å²) in [5.74, 6) is 1.66. The second kappa shape index (κ2) is 7.18. The van der Waals surface area contributed by atoms with Crippen molar-refractivity contribution in [2.75, 3.05) is 19.1 Å². The number of nitrogens with zero attached hydrogens (tertiary/aromatic N) is 1. The summed E-state index contributed by atoms with van der Waals surface area (Å²) in [5.41, 5.74) is 3.58. The molecule has 0 aliphatic carbocycles. The molecule has 3 aromatic rings. The Hall–Kier alpha value is -3.14. The summed E-state index contributed by atoms with van der Waals surface area (Å²) >= 11 is 0. The molecule has 0 fully saturated rings. The third-order valence-corrected chi connectivity index (χ3v) is 4.08. The molecule has 0 amide bonds. The predicted octanol–water partition coefficient (Wildman–Crippen LogP) is 5.19. The van der Waals surface area contributed by atoms with E-state index in [-0.39, 0.29) is 5.75 Å². The van der Waals surface area contributed by atoms with Crippen LogP contribution in [0.1, 0.15) is 5.56 Å². The van der Waals surface area contributed by atoms with Gasteiger partial charge in [-0.3, -0.25) is 0 Å². The van der Waals surface area contributed by atoms with Crippen molar-refractivity contribution in [1.29, 1.82) is 0 Å². The van der Waals surface area contributed by atoms with Crippen LogP contribution in [0.25, 0.3) is 0 Å². The Morgan fingerprint density at radius 2 is 1.40 bits per heavy atom. The molecule has 128 valence electrons. The molecule has 4 heteroatoms. The predicted molar refractivity (Wildman–Crippen MR) is 101 cm³/mol. The van der Waals surface area contributed by atoms with Crippen molar-refractivity contribution in [1.82, 2.24) is 0 Å². The number of methoxy groups -OCH3 is 2. The Kier molecular flexibility index (Phi) is 4.80. The number of hydrogen-bond acceptors (Lipinski definition) is 4. The third-order valence-electron chi connectivity index (χ3n) is 4.08. The lowest BCUT2D eigenvalue weighted by Crippen LogP contribution is -2.11. The number of para-hydroxylation sites is 1. The molecule has 0 spiro atoms. The molecule has 3 rings (SSSR count). The molecule has 4 nitrogen and oxygen atoms in total. The minimum Gasteiger partial charge on any atom is -0.506 e. The van der Waals surface area contributed by atoms with E-state index in [4.69, 9.17) is 9.47 Å². The Balaban J connectivity index is 2.21. The Morgan fingerprint density at radius 3 is 2.04 bits per heavy atom. The van der Waals surface area contributed by atoms with Gasteiger partial charge in [0.05, 0.1) is 19.9 Å². The first-order chi connectivity index (χ1) is 12.1. The van der Waals surface area contributed by atoms with E-state index in [1.165, 1.54) is 0 Å². The summed E-state index contributed by atoms with van der Waals surface area (Å²) in [6.07, 6.45) is 0. The van der Waals surface area contributed by atoms with E-state index >= 15 is 0 Å². The molecule has 0 aliphatic rings. The van der Waals surface area contributed by atoms with Gasteiger partial charge in [-0.25, -0.2) is 0 Å². The number of rotatable bonds is 5. The summed E-state index contributed by atoms with van der Waals surface area (Å²) in [6, 6.07) is 21.0. The third kappa shape index (κ3) is 3.38. The van der Waals surface area contributed by atoms with Gasteiger partial charge < -0.3 is 19.5 Å². The second-order valence-electron chi connectivity index (χ2n) is 5.68. The summed E-state index contributed by atoms with van der Waals surface area (Å²) < 4.78 is 10.7. The molecule has 3 aromatic carbocycles. The van der Waals surface area contributed by atoms with Crippen LogP contribution >= 0.6 is 0 Å². The Labute approximate surface area is 147 Å². The molecule has 0 saturated heterocycles. The van der Waals surface area contributed by atoms with Crippen molar-refractivity contribution in [2.45, 2.75) is 6.92 Å².